The van der Waals surface area contributed by atoms with E-state index in [2.05, 4.69) is 30.3 Å². The van der Waals surface area contributed by atoms with Gasteiger partial charge in [-0.1, -0.05) is 12.1 Å². The van der Waals surface area contributed by atoms with E-state index in [-0.39, 0.29) is 40.0 Å². The second-order valence-electron chi connectivity index (χ2n) is 7.15. The maximum absolute atomic E-state index is 13.0. The minimum atomic E-state index is -4.11. The van der Waals surface area contributed by atoms with Crippen LogP contribution < -0.4 is 26.8 Å². The van der Waals surface area contributed by atoms with E-state index in [4.69, 9.17) is 22.1 Å². The van der Waals surface area contributed by atoms with Crippen molar-refractivity contribution in [2.75, 3.05) is 16.4 Å². The summed E-state index contributed by atoms with van der Waals surface area (Å²) >= 11 is 0. The van der Waals surface area contributed by atoms with Gasteiger partial charge in [-0.25, -0.2) is 23.1 Å². The standard InChI is InChI=1S/C21H20N10O4S/c22-10-16-19(30-21(24)25)29-17(18(23)28-16)20(33)27-13-4-1-5-14(9-13)36(34,35)31-15(6-8-32)12-3-2-7-26-11-12/h1-5,7-9,11,15,31H,6H2,(H2,23,28)(H,27,33)(H4,24,25,29,30). The number of hydrogen-bond donors (Lipinski definition) is 6. The number of aromatic nitrogens is 3. The van der Waals surface area contributed by atoms with Gasteiger partial charge in [0, 0.05) is 24.5 Å². The van der Waals surface area contributed by atoms with Gasteiger partial charge in [0.2, 0.25) is 10.0 Å². The van der Waals surface area contributed by atoms with Gasteiger partial charge >= 0.3 is 0 Å². The number of nitriles is 1. The summed E-state index contributed by atoms with van der Waals surface area (Å²) < 4.78 is 28.5. The Morgan fingerprint density at radius 1 is 1.22 bits per heavy atom. The van der Waals surface area contributed by atoms with Crippen LogP contribution in [0.5, 0.6) is 0 Å². The first-order chi connectivity index (χ1) is 17.1. The highest BCUT2D eigenvalue weighted by atomic mass is 32.2. The fraction of sp³-hybridized carbons (Fsp3) is 0.0952. The van der Waals surface area contributed by atoms with Crippen molar-refractivity contribution in [2.45, 2.75) is 17.4 Å². The molecule has 1 amide bonds. The number of guanidine groups is 1. The van der Waals surface area contributed by atoms with Gasteiger partial charge in [-0.15, -0.1) is 0 Å². The van der Waals surface area contributed by atoms with Crippen molar-refractivity contribution in [1.82, 2.24) is 19.7 Å². The Kier molecular flexibility index (Phi) is 7.84. The molecule has 1 unspecified atom stereocenters. The van der Waals surface area contributed by atoms with Crippen LogP contribution in [0.3, 0.4) is 0 Å². The number of nitrogens with one attached hydrogen (secondary N) is 4. The van der Waals surface area contributed by atoms with Gasteiger partial charge in [-0.3, -0.25) is 15.2 Å². The van der Waals surface area contributed by atoms with Crippen LogP contribution in [0.1, 0.15) is 34.2 Å². The lowest BCUT2D eigenvalue weighted by atomic mass is 10.1. The maximum atomic E-state index is 13.0. The van der Waals surface area contributed by atoms with Gasteiger partial charge in [0.05, 0.1) is 10.9 Å². The average Bonchev–Trinajstić information content (AvgIpc) is 2.85. The largest absolute Gasteiger partial charge is 0.382 e. The minimum Gasteiger partial charge on any atom is -0.382 e. The molecule has 1 aromatic carbocycles. The normalized spacial score (nSPS) is 11.6. The number of pyridine rings is 1. The van der Waals surface area contributed by atoms with Crippen LogP contribution in [0.4, 0.5) is 17.3 Å². The number of rotatable bonds is 9. The lowest BCUT2D eigenvalue weighted by Gasteiger charge is -2.17. The third kappa shape index (κ3) is 6.14. The lowest BCUT2D eigenvalue weighted by Crippen LogP contribution is -2.29. The average molecular weight is 509 g/mol. The predicted octanol–water partition coefficient (Wildman–Crippen LogP) is 0.492. The second-order valence-corrected chi connectivity index (χ2v) is 8.86. The van der Waals surface area contributed by atoms with Gasteiger partial charge in [0.25, 0.3) is 5.91 Å². The maximum Gasteiger partial charge on any atom is 0.278 e. The van der Waals surface area contributed by atoms with Gasteiger partial charge in [-0.05, 0) is 29.8 Å². The smallest absolute Gasteiger partial charge is 0.278 e. The summed E-state index contributed by atoms with van der Waals surface area (Å²) in [7, 11) is -4.11. The molecule has 1 atom stereocenters. The van der Waals surface area contributed by atoms with Crippen molar-refractivity contribution in [1.29, 1.82) is 10.7 Å². The van der Waals surface area contributed by atoms with E-state index >= 15 is 0 Å². The third-order valence-electron chi connectivity index (χ3n) is 4.62. The van der Waals surface area contributed by atoms with Crippen LogP contribution in [0.15, 0.2) is 53.7 Å². The molecule has 2 heterocycles. The predicted molar refractivity (Wildman–Crippen MR) is 129 cm³/mol. The summed E-state index contributed by atoms with van der Waals surface area (Å²) in [6.07, 6.45) is 3.45. The van der Waals surface area contributed by atoms with Crippen molar-refractivity contribution in [2.24, 2.45) is 5.73 Å². The lowest BCUT2D eigenvalue weighted by molar-refractivity contribution is -0.108. The molecule has 0 saturated heterocycles. The number of amides is 1. The highest BCUT2D eigenvalue weighted by Crippen LogP contribution is 2.22. The van der Waals surface area contributed by atoms with E-state index in [1.807, 2.05) is 0 Å². The molecule has 0 spiro atoms. The Morgan fingerprint density at radius 2 is 2.00 bits per heavy atom. The zero-order valence-electron chi connectivity index (χ0n) is 18.5. The van der Waals surface area contributed by atoms with E-state index in [1.165, 1.54) is 36.7 Å². The van der Waals surface area contributed by atoms with Crippen molar-refractivity contribution >= 4 is 45.5 Å². The fourth-order valence-electron chi connectivity index (χ4n) is 3.03. The number of nitrogen functional groups attached to an aromatic ring is 1. The van der Waals surface area contributed by atoms with Gasteiger partial charge in [-0.2, -0.15) is 5.26 Å². The summed E-state index contributed by atoms with van der Waals surface area (Å²) in [5, 5.41) is 21.2. The van der Waals surface area contributed by atoms with Crippen LogP contribution in [-0.2, 0) is 14.8 Å². The Hall–Kier alpha value is -4.94. The van der Waals surface area contributed by atoms with E-state index in [1.54, 1.807) is 18.2 Å². The van der Waals surface area contributed by atoms with Gasteiger partial charge in [0.1, 0.15) is 12.4 Å². The van der Waals surface area contributed by atoms with E-state index in [0.29, 0.717) is 11.8 Å². The molecular weight excluding hydrogens is 488 g/mol. The summed E-state index contributed by atoms with van der Waals surface area (Å²) in [5.41, 5.74) is 10.9. The number of carbonyl (C=O) groups excluding carboxylic acids is 2. The quantitative estimate of drug-likeness (QED) is 0.132. The Balaban J connectivity index is 1.86. The first-order valence-corrected chi connectivity index (χ1v) is 11.6. The SMILES string of the molecule is N#Cc1nc(N)c(C(=O)Nc2cccc(S(=O)(=O)NC(CC=O)c3cccnc3)c2)nc1NC(=N)N. The molecular formula is C21H20N10O4S. The monoisotopic (exact) mass is 508 g/mol. The van der Waals surface area contributed by atoms with Crippen molar-refractivity contribution in [3.63, 3.8) is 0 Å². The Labute approximate surface area is 205 Å². The number of aldehydes is 1. The molecule has 0 saturated carbocycles. The summed E-state index contributed by atoms with van der Waals surface area (Å²) in [6, 6.07) is 9.47. The number of nitrogens with zero attached hydrogens (tertiary/aromatic N) is 4. The summed E-state index contributed by atoms with van der Waals surface area (Å²) in [4.78, 5) is 35.4. The Bertz CT molecular complexity index is 1460. The zero-order chi connectivity index (χ0) is 26.3. The fourth-order valence-corrected chi connectivity index (χ4v) is 4.31. The minimum absolute atomic E-state index is 0.0860. The van der Waals surface area contributed by atoms with Crippen LogP contribution in [0.2, 0.25) is 0 Å². The highest BCUT2D eigenvalue weighted by molar-refractivity contribution is 7.89. The number of anilines is 3. The van der Waals surface area contributed by atoms with Gasteiger partial charge < -0.3 is 26.9 Å². The van der Waals surface area contributed by atoms with E-state index in [9.17, 15) is 18.0 Å². The molecule has 3 aromatic rings. The van der Waals surface area contributed by atoms with Crippen molar-refractivity contribution in [3.8, 4) is 6.07 Å². The molecule has 15 heteroatoms. The molecule has 2 aromatic heterocycles. The molecule has 0 aliphatic rings. The highest BCUT2D eigenvalue weighted by Gasteiger charge is 2.23. The number of carbonyl (C=O) groups is 2. The molecule has 0 aliphatic carbocycles. The van der Waals surface area contributed by atoms with Crippen LogP contribution >= 0.6 is 0 Å². The molecule has 0 radical (unpaired) electrons. The molecule has 36 heavy (non-hydrogen) atoms. The molecule has 0 aliphatic heterocycles. The zero-order valence-corrected chi connectivity index (χ0v) is 19.3. The van der Waals surface area contributed by atoms with Crippen LogP contribution in [-0.4, -0.2) is 41.5 Å². The first kappa shape index (κ1) is 25.7. The summed E-state index contributed by atoms with van der Waals surface area (Å²) in [5.74, 6) is -2.01. The summed E-state index contributed by atoms with van der Waals surface area (Å²) in [6.45, 7) is 0. The van der Waals surface area contributed by atoms with E-state index < -0.39 is 27.9 Å². The second kappa shape index (κ2) is 11.0. The molecule has 8 N–H and O–H groups in total. The number of hydrogen-bond acceptors (Lipinski definition) is 10. The molecule has 3 rings (SSSR count). The molecule has 14 nitrogen and oxygen atoms in total. The molecule has 0 bridgehead atoms. The van der Waals surface area contributed by atoms with E-state index in [0.717, 1.165) is 0 Å². The Morgan fingerprint density at radius 3 is 2.64 bits per heavy atom. The number of nitrogens with two attached hydrogens (primary N) is 2. The van der Waals surface area contributed by atoms with Crippen LogP contribution in [0, 0.1) is 16.7 Å². The molecule has 0 fully saturated rings. The topological polar surface area (TPSA) is 243 Å². The molecule has 184 valence electrons. The van der Waals surface area contributed by atoms with Crippen molar-refractivity contribution in [3.05, 3.63) is 65.7 Å². The third-order valence-corrected chi connectivity index (χ3v) is 6.08. The number of sulfonamides is 1. The number of benzene rings is 1. The first-order valence-electron chi connectivity index (χ1n) is 10.1. The van der Waals surface area contributed by atoms with Crippen molar-refractivity contribution < 1.29 is 18.0 Å². The van der Waals surface area contributed by atoms with Gasteiger partial charge in [0.15, 0.2) is 29.0 Å². The van der Waals surface area contributed by atoms with Crippen LogP contribution in [0.25, 0.3) is 0 Å².